The molecule has 4 aromatic carbocycles. The summed E-state index contributed by atoms with van der Waals surface area (Å²) in [5.41, 5.74) is 2.28. The van der Waals surface area contributed by atoms with Crippen molar-refractivity contribution in [3.8, 4) is 0 Å². The van der Waals surface area contributed by atoms with Gasteiger partial charge >= 0.3 is 12.2 Å². The molecular weight excluding hydrogens is 598 g/mol. The normalized spacial score (nSPS) is 10.6. The number of ether oxygens (including phenoxy) is 2. The van der Waals surface area contributed by atoms with E-state index in [0.717, 1.165) is 26.5 Å². The van der Waals surface area contributed by atoms with Gasteiger partial charge in [-0.15, -0.1) is 0 Å². The molecule has 0 aliphatic carbocycles. The molecule has 0 heterocycles. The van der Waals surface area contributed by atoms with Gasteiger partial charge in [0.15, 0.2) is 0 Å². The van der Waals surface area contributed by atoms with E-state index in [4.69, 9.17) is 9.47 Å². The van der Waals surface area contributed by atoms with Gasteiger partial charge in [-0.2, -0.15) is 0 Å². The van der Waals surface area contributed by atoms with Crippen LogP contribution in [0, 0.1) is 0 Å². The standard InChI is InChI=1S/C33H34BrN3O5/c1-2-10-31(38)37(28-16-9-15-27(34)23-28)20-22-42-33(40)36(24-25-11-4-3-5-12-25)19-21-41-32(39)35-30-18-8-14-26-13-6-7-17-29(26)30/h3-9,11-18,23H,2,10,19-22,24H2,1H3,(H,35,39). The fraction of sp³-hybridized carbons (Fsp3) is 0.242. The lowest BCUT2D eigenvalue weighted by molar-refractivity contribution is -0.118. The van der Waals surface area contributed by atoms with Gasteiger partial charge in [-0.25, -0.2) is 9.59 Å². The van der Waals surface area contributed by atoms with Crippen LogP contribution in [0.2, 0.25) is 0 Å². The fourth-order valence-corrected chi connectivity index (χ4v) is 4.86. The minimum Gasteiger partial charge on any atom is -0.448 e. The molecule has 0 aliphatic rings. The van der Waals surface area contributed by atoms with E-state index >= 15 is 0 Å². The average Bonchev–Trinajstić information content (AvgIpc) is 2.99. The van der Waals surface area contributed by atoms with Gasteiger partial charge in [-0.1, -0.05) is 95.7 Å². The van der Waals surface area contributed by atoms with Crippen LogP contribution < -0.4 is 10.2 Å². The highest BCUT2D eigenvalue weighted by molar-refractivity contribution is 9.10. The van der Waals surface area contributed by atoms with Crippen molar-refractivity contribution in [3.63, 3.8) is 0 Å². The molecule has 9 heteroatoms. The molecule has 0 fully saturated rings. The molecule has 0 atom stereocenters. The van der Waals surface area contributed by atoms with Crippen LogP contribution in [-0.2, 0) is 20.8 Å². The number of fused-ring (bicyclic) bond motifs is 1. The highest BCUT2D eigenvalue weighted by Gasteiger charge is 2.20. The van der Waals surface area contributed by atoms with Crippen LogP contribution in [-0.4, -0.2) is 49.3 Å². The monoisotopic (exact) mass is 631 g/mol. The van der Waals surface area contributed by atoms with Crippen LogP contribution in [0.4, 0.5) is 21.0 Å². The Balaban J connectivity index is 1.36. The minimum atomic E-state index is -0.613. The van der Waals surface area contributed by atoms with Crippen molar-refractivity contribution in [2.75, 3.05) is 36.5 Å². The Hall–Kier alpha value is -4.37. The lowest BCUT2D eigenvalue weighted by Gasteiger charge is -2.25. The maximum atomic E-state index is 13.2. The average molecular weight is 633 g/mol. The van der Waals surface area contributed by atoms with E-state index in [-0.39, 0.29) is 38.8 Å². The molecule has 0 spiro atoms. The van der Waals surface area contributed by atoms with Gasteiger partial charge in [0.2, 0.25) is 5.91 Å². The van der Waals surface area contributed by atoms with E-state index in [1.54, 1.807) is 4.90 Å². The van der Waals surface area contributed by atoms with Crippen molar-refractivity contribution >= 4 is 56.2 Å². The number of hydrogen-bond acceptors (Lipinski definition) is 5. The Labute approximate surface area is 254 Å². The smallest absolute Gasteiger partial charge is 0.411 e. The highest BCUT2D eigenvalue weighted by atomic mass is 79.9. The van der Waals surface area contributed by atoms with Crippen LogP contribution in [0.15, 0.2) is 102 Å². The number of hydrogen-bond donors (Lipinski definition) is 1. The zero-order valence-corrected chi connectivity index (χ0v) is 25.1. The Morgan fingerprint density at radius 3 is 2.31 bits per heavy atom. The number of carbonyl (C=O) groups is 3. The topological polar surface area (TPSA) is 88.2 Å². The van der Waals surface area contributed by atoms with E-state index in [1.165, 1.54) is 4.90 Å². The predicted molar refractivity (Wildman–Crippen MR) is 169 cm³/mol. The third kappa shape index (κ3) is 8.81. The molecule has 0 aromatic heterocycles. The molecule has 3 amide bonds. The lowest BCUT2D eigenvalue weighted by atomic mass is 10.1. The summed E-state index contributed by atoms with van der Waals surface area (Å²) in [4.78, 5) is 41.7. The first kappa shape index (κ1) is 30.6. The summed E-state index contributed by atoms with van der Waals surface area (Å²) in [6, 6.07) is 30.3. The molecule has 8 nitrogen and oxygen atoms in total. The molecule has 0 bridgehead atoms. The van der Waals surface area contributed by atoms with Gasteiger partial charge in [-0.3, -0.25) is 10.1 Å². The number of carbonyl (C=O) groups excluding carboxylic acids is 3. The number of nitrogens with zero attached hydrogens (tertiary/aromatic N) is 2. The minimum absolute atomic E-state index is 0.00845. The summed E-state index contributed by atoms with van der Waals surface area (Å²) in [6.45, 7) is 2.54. The second kappa shape index (κ2) is 15.6. The van der Waals surface area contributed by atoms with E-state index in [0.29, 0.717) is 18.5 Å². The summed E-state index contributed by atoms with van der Waals surface area (Å²) in [5.74, 6) is -0.0432. The van der Waals surface area contributed by atoms with E-state index in [1.807, 2.05) is 104 Å². The maximum absolute atomic E-state index is 13.2. The first-order valence-corrected chi connectivity index (χ1v) is 14.7. The molecule has 0 unspecified atom stereocenters. The maximum Gasteiger partial charge on any atom is 0.411 e. The second-order valence-electron chi connectivity index (χ2n) is 9.58. The molecule has 218 valence electrons. The molecule has 0 aliphatic heterocycles. The zero-order valence-electron chi connectivity index (χ0n) is 23.5. The molecule has 42 heavy (non-hydrogen) atoms. The van der Waals surface area contributed by atoms with Crippen LogP contribution in [0.1, 0.15) is 25.3 Å². The van der Waals surface area contributed by atoms with Gasteiger partial charge in [0, 0.05) is 28.5 Å². The number of amides is 3. The first-order chi connectivity index (χ1) is 20.4. The molecule has 0 radical (unpaired) electrons. The van der Waals surface area contributed by atoms with Gasteiger partial charge in [0.25, 0.3) is 0 Å². The lowest BCUT2D eigenvalue weighted by Crippen LogP contribution is -2.38. The van der Waals surface area contributed by atoms with Crippen LogP contribution in [0.5, 0.6) is 0 Å². The van der Waals surface area contributed by atoms with Crippen molar-refractivity contribution in [1.82, 2.24) is 4.90 Å². The van der Waals surface area contributed by atoms with Crippen molar-refractivity contribution < 1.29 is 23.9 Å². The van der Waals surface area contributed by atoms with E-state index in [9.17, 15) is 14.4 Å². The van der Waals surface area contributed by atoms with Crippen LogP contribution in [0.25, 0.3) is 10.8 Å². The van der Waals surface area contributed by atoms with Crippen molar-refractivity contribution in [3.05, 3.63) is 107 Å². The van der Waals surface area contributed by atoms with Gasteiger partial charge in [-0.05, 0) is 41.6 Å². The van der Waals surface area contributed by atoms with Gasteiger partial charge in [0.05, 0.1) is 18.8 Å². The molecule has 4 rings (SSSR count). The third-order valence-electron chi connectivity index (χ3n) is 6.52. The number of rotatable bonds is 12. The van der Waals surface area contributed by atoms with E-state index < -0.39 is 12.2 Å². The first-order valence-electron chi connectivity index (χ1n) is 13.9. The number of anilines is 2. The summed E-state index contributed by atoms with van der Waals surface area (Å²) in [5, 5.41) is 4.69. The largest absolute Gasteiger partial charge is 0.448 e. The quantitative estimate of drug-likeness (QED) is 0.174. The van der Waals surface area contributed by atoms with E-state index in [2.05, 4.69) is 21.2 Å². The Morgan fingerprint density at radius 2 is 1.52 bits per heavy atom. The zero-order chi connectivity index (χ0) is 29.7. The molecule has 0 saturated carbocycles. The Bertz CT molecular complexity index is 1490. The summed E-state index contributed by atoms with van der Waals surface area (Å²) in [7, 11) is 0. The highest BCUT2D eigenvalue weighted by Crippen LogP contribution is 2.23. The molecule has 1 N–H and O–H groups in total. The van der Waals surface area contributed by atoms with Crippen molar-refractivity contribution in [1.29, 1.82) is 0 Å². The number of nitrogens with one attached hydrogen (secondary N) is 1. The predicted octanol–water partition coefficient (Wildman–Crippen LogP) is 7.62. The van der Waals surface area contributed by atoms with Crippen molar-refractivity contribution in [2.24, 2.45) is 0 Å². The van der Waals surface area contributed by atoms with Crippen LogP contribution >= 0.6 is 15.9 Å². The Kier molecular flexibility index (Phi) is 11.3. The third-order valence-corrected chi connectivity index (χ3v) is 7.01. The summed E-state index contributed by atoms with van der Waals surface area (Å²) >= 11 is 3.45. The molecule has 4 aromatic rings. The number of halogens is 1. The van der Waals surface area contributed by atoms with Gasteiger partial charge in [0.1, 0.15) is 13.2 Å². The summed E-state index contributed by atoms with van der Waals surface area (Å²) < 4.78 is 11.9. The SMILES string of the molecule is CCCC(=O)N(CCOC(=O)N(CCOC(=O)Nc1cccc2ccccc12)Cc1ccccc1)c1cccc(Br)c1. The van der Waals surface area contributed by atoms with Crippen LogP contribution in [0.3, 0.4) is 0 Å². The number of benzene rings is 4. The Morgan fingerprint density at radius 1 is 0.810 bits per heavy atom. The molecular formula is C33H34BrN3O5. The van der Waals surface area contributed by atoms with Gasteiger partial charge < -0.3 is 19.3 Å². The second-order valence-corrected chi connectivity index (χ2v) is 10.5. The van der Waals surface area contributed by atoms with Crippen molar-refractivity contribution in [2.45, 2.75) is 26.3 Å². The fourth-order valence-electron chi connectivity index (χ4n) is 4.47. The molecule has 0 saturated heterocycles. The summed E-state index contributed by atoms with van der Waals surface area (Å²) in [6.07, 6.45) is -0.0755.